The third kappa shape index (κ3) is 4.79. The van der Waals surface area contributed by atoms with E-state index in [1.165, 1.54) is 0 Å². The zero-order valence-corrected chi connectivity index (χ0v) is 13.0. The van der Waals surface area contributed by atoms with E-state index in [1.54, 1.807) is 0 Å². The molecule has 0 aliphatic heterocycles. The Kier molecular flexibility index (Phi) is 5.63. The zero-order chi connectivity index (χ0) is 15.1. The minimum atomic E-state index is 0.447. The van der Waals surface area contributed by atoms with Crippen molar-refractivity contribution in [1.82, 2.24) is 20.5 Å². The van der Waals surface area contributed by atoms with Crippen molar-refractivity contribution in [2.75, 3.05) is 11.4 Å². The summed E-state index contributed by atoms with van der Waals surface area (Å²) in [5.41, 5.74) is 1.99. The van der Waals surface area contributed by atoms with Crippen LogP contribution in [0.15, 0.2) is 36.5 Å². The lowest BCUT2D eigenvalue weighted by Crippen LogP contribution is -2.25. The average molecular weight is 285 g/mol. The molecule has 0 amide bonds. The van der Waals surface area contributed by atoms with Crippen molar-refractivity contribution < 1.29 is 0 Å². The number of rotatable bonds is 7. The Balaban J connectivity index is 2.01. The summed E-state index contributed by atoms with van der Waals surface area (Å²) < 4.78 is 0. The van der Waals surface area contributed by atoms with E-state index in [0.717, 1.165) is 36.8 Å². The maximum absolute atomic E-state index is 4.36. The molecule has 0 aliphatic rings. The minimum Gasteiger partial charge on any atom is -0.350 e. The molecular formula is C16H23N5. The number of nitrogens with one attached hydrogen (secondary N) is 1. The molecule has 0 unspecified atom stereocenters. The highest BCUT2D eigenvalue weighted by atomic mass is 15.3. The summed E-state index contributed by atoms with van der Waals surface area (Å²) in [7, 11) is 0. The molecule has 2 aromatic heterocycles. The molecule has 2 heterocycles. The number of hydrogen-bond donors (Lipinski definition) is 1. The minimum absolute atomic E-state index is 0.447. The molecule has 5 nitrogen and oxygen atoms in total. The number of anilines is 1. The molecule has 0 aliphatic carbocycles. The van der Waals surface area contributed by atoms with Crippen LogP contribution >= 0.6 is 0 Å². The van der Waals surface area contributed by atoms with Gasteiger partial charge in [0.15, 0.2) is 5.82 Å². The van der Waals surface area contributed by atoms with Crippen LogP contribution in [-0.2, 0) is 13.1 Å². The van der Waals surface area contributed by atoms with Crippen molar-refractivity contribution in [2.24, 2.45) is 0 Å². The van der Waals surface area contributed by atoms with Gasteiger partial charge in [-0.15, -0.1) is 5.10 Å². The second kappa shape index (κ2) is 7.69. The fourth-order valence-electron chi connectivity index (χ4n) is 1.97. The van der Waals surface area contributed by atoms with Gasteiger partial charge in [-0.3, -0.25) is 4.98 Å². The van der Waals surface area contributed by atoms with E-state index in [4.69, 9.17) is 0 Å². The normalized spacial score (nSPS) is 10.9. The second-order valence-corrected chi connectivity index (χ2v) is 5.25. The Bertz CT molecular complexity index is 524. The van der Waals surface area contributed by atoms with Gasteiger partial charge in [0, 0.05) is 25.3 Å². The maximum Gasteiger partial charge on any atom is 0.151 e. The lowest BCUT2D eigenvalue weighted by molar-refractivity contribution is 0.577. The summed E-state index contributed by atoms with van der Waals surface area (Å²) in [6.07, 6.45) is 1.82. The molecule has 2 rings (SSSR count). The maximum atomic E-state index is 4.36. The summed E-state index contributed by atoms with van der Waals surface area (Å²) in [5.74, 6) is 0.886. The zero-order valence-electron chi connectivity index (χ0n) is 13.0. The Morgan fingerprint density at radius 2 is 1.95 bits per heavy atom. The van der Waals surface area contributed by atoms with E-state index in [0.29, 0.717) is 6.04 Å². The van der Waals surface area contributed by atoms with Crippen LogP contribution in [0.5, 0.6) is 0 Å². The molecule has 0 radical (unpaired) electrons. The lowest BCUT2D eigenvalue weighted by atomic mass is 10.3. The van der Waals surface area contributed by atoms with Gasteiger partial charge in [0.1, 0.15) is 0 Å². The number of aromatic nitrogens is 3. The first kappa shape index (κ1) is 15.4. The van der Waals surface area contributed by atoms with E-state index in [9.17, 15) is 0 Å². The molecule has 0 spiro atoms. The lowest BCUT2D eigenvalue weighted by Gasteiger charge is -2.21. The Labute approximate surface area is 126 Å². The fraction of sp³-hybridized carbons (Fsp3) is 0.438. The summed E-state index contributed by atoms with van der Waals surface area (Å²) in [6, 6.07) is 10.5. The predicted molar refractivity (Wildman–Crippen MR) is 85.0 cm³/mol. The highest BCUT2D eigenvalue weighted by molar-refractivity contribution is 5.37. The molecule has 0 fully saturated rings. The van der Waals surface area contributed by atoms with Gasteiger partial charge in [0.2, 0.25) is 0 Å². The summed E-state index contributed by atoms with van der Waals surface area (Å²) in [5, 5.41) is 12.0. The number of hydrogen-bond acceptors (Lipinski definition) is 5. The first-order valence-electron chi connectivity index (χ1n) is 7.40. The molecule has 0 saturated carbocycles. The van der Waals surface area contributed by atoms with Gasteiger partial charge in [0.25, 0.3) is 0 Å². The Morgan fingerprint density at radius 3 is 2.52 bits per heavy atom. The van der Waals surface area contributed by atoms with E-state index in [1.807, 2.05) is 36.5 Å². The predicted octanol–water partition coefficient (Wildman–Crippen LogP) is 2.40. The van der Waals surface area contributed by atoms with Gasteiger partial charge in [-0.25, -0.2) is 0 Å². The Morgan fingerprint density at radius 1 is 1.10 bits per heavy atom. The van der Waals surface area contributed by atoms with Crippen LogP contribution in [-0.4, -0.2) is 27.8 Å². The van der Waals surface area contributed by atoms with Gasteiger partial charge >= 0.3 is 0 Å². The van der Waals surface area contributed by atoms with Gasteiger partial charge in [-0.1, -0.05) is 19.9 Å². The summed E-state index contributed by atoms with van der Waals surface area (Å²) >= 11 is 0. The van der Waals surface area contributed by atoms with Crippen LogP contribution in [0.25, 0.3) is 0 Å². The van der Waals surface area contributed by atoms with Crippen LogP contribution in [0.1, 0.15) is 32.2 Å². The highest BCUT2D eigenvalue weighted by Gasteiger charge is 2.08. The summed E-state index contributed by atoms with van der Waals surface area (Å²) in [6.45, 7) is 8.71. The van der Waals surface area contributed by atoms with Crippen molar-refractivity contribution in [1.29, 1.82) is 0 Å². The van der Waals surface area contributed by atoms with Gasteiger partial charge in [-0.2, -0.15) is 5.10 Å². The van der Waals surface area contributed by atoms with Crippen molar-refractivity contribution in [3.8, 4) is 0 Å². The molecule has 21 heavy (non-hydrogen) atoms. The van der Waals surface area contributed by atoms with E-state index in [2.05, 4.69) is 46.2 Å². The smallest absolute Gasteiger partial charge is 0.151 e. The summed E-state index contributed by atoms with van der Waals surface area (Å²) in [4.78, 5) is 6.52. The van der Waals surface area contributed by atoms with Gasteiger partial charge in [-0.05, 0) is 31.2 Å². The average Bonchev–Trinajstić information content (AvgIpc) is 2.52. The second-order valence-electron chi connectivity index (χ2n) is 5.25. The van der Waals surface area contributed by atoms with Crippen LogP contribution in [0.2, 0.25) is 0 Å². The van der Waals surface area contributed by atoms with Crippen LogP contribution in [0, 0.1) is 0 Å². The molecule has 1 N–H and O–H groups in total. The van der Waals surface area contributed by atoms with E-state index < -0.39 is 0 Å². The number of nitrogens with zero attached hydrogens (tertiary/aromatic N) is 4. The van der Waals surface area contributed by atoms with Crippen molar-refractivity contribution in [3.63, 3.8) is 0 Å². The van der Waals surface area contributed by atoms with Crippen LogP contribution < -0.4 is 10.2 Å². The molecule has 0 saturated heterocycles. The molecule has 5 heteroatoms. The molecule has 0 aromatic carbocycles. The third-order valence-electron chi connectivity index (χ3n) is 3.18. The Hall–Kier alpha value is -2.01. The topological polar surface area (TPSA) is 53.9 Å². The van der Waals surface area contributed by atoms with Gasteiger partial charge in [0.05, 0.1) is 17.9 Å². The SMILES string of the molecule is CCN(Cc1ccccn1)c1ccc(CNC(C)C)nn1. The third-order valence-corrected chi connectivity index (χ3v) is 3.18. The van der Waals surface area contributed by atoms with E-state index >= 15 is 0 Å². The molecule has 2 aromatic rings. The molecule has 112 valence electrons. The number of pyridine rings is 1. The van der Waals surface area contributed by atoms with Crippen LogP contribution in [0.3, 0.4) is 0 Å². The van der Waals surface area contributed by atoms with Crippen molar-refractivity contribution in [3.05, 3.63) is 47.9 Å². The highest BCUT2D eigenvalue weighted by Crippen LogP contribution is 2.12. The largest absolute Gasteiger partial charge is 0.350 e. The first-order chi connectivity index (χ1) is 10.2. The standard InChI is InChI=1S/C16H23N5/c1-4-21(12-15-7-5-6-10-17-15)16-9-8-14(19-20-16)11-18-13(2)3/h5-10,13,18H,4,11-12H2,1-3H3. The van der Waals surface area contributed by atoms with Crippen molar-refractivity contribution in [2.45, 2.75) is 39.9 Å². The first-order valence-corrected chi connectivity index (χ1v) is 7.40. The molecular weight excluding hydrogens is 262 g/mol. The fourth-order valence-corrected chi connectivity index (χ4v) is 1.97. The van der Waals surface area contributed by atoms with Crippen molar-refractivity contribution >= 4 is 5.82 Å². The quantitative estimate of drug-likeness (QED) is 0.846. The van der Waals surface area contributed by atoms with Gasteiger partial charge < -0.3 is 10.2 Å². The monoisotopic (exact) mass is 285 g/mol. The van der Waals surface area contributed by atoms with E-state index in [-0.39, 0.29) is 0 Å². The van der Waals surface area contributed by atoms with Crippen LogP contribution in [0.4, 0.5) is 5.82 Å². The molecule has 0 bridgehead atoms. The molecule has 0 atom stereocenters.